The summed E-state index contributed by atoms with van der Waals surface area (Å²) in [4.78, 5) is 29.4. The molecule has 0 saturated heterocycles. The largest absolute Gasteiger partial charge is 0.351 e. The standard InChI is InChI=1S/C29H38F3N7O3S/c1-17(2)39-25-23(15-33-27(36-25)34-19-7-9-20(10-8-19)38(4)5)35-24(26(39)40)18-6-11-22(21(30)14-18)37-43(41,42)16-29(12-13-29)28(3,31)32/h6,11,14-15,17,19-20,37H,7-10,12-13,16H2,1-5H3,(H,33,34,36)/t19-,20-. The molecule has 0 radical (unpaired) electrons. The van der Waals surface area contributed by atoms with Crippen LogP contribution < -0.4 is 15.6 Å². The third kappa shape index (κ3) is 6.49. The summed E-state index contributed by atoms with van der Waals surface area (Å²) in [6.07, 6.45) is 5.75. The van der Waals surface area contributed by atoms with Gasteiger partial charge >= 0.3 is 0 Å². The maximum absolute atomic E-state index is 15.1. The first-order valence-corrected chi connectivity index (χ1v) is 16.1. The van der Waals surface area contributed by atoms with Crippen LogP contribution in [0.15, 0.2) is 29.2 Å². The fourth-order valence-electron chi connectivity index (χ4n) is 5.83. The van der Waals surface area contributed by atoms with Crippen LogP contribution in [0.1, 0.15) is 65.3 Å². The van der Waals surface area contributed by atoms with Gasteiger partial charge in [0, 0.05) is 29.1 Å². The van der Waals surface area contributed by atoms with Crippen LogP contribution in [0.25, 0.3) is 22.4 Å². The number of anilines is 2. The van der Waals surface area contributed by atoms with E-state index in [4.69, 9.17) is 0 Å². The van der Waals surface area contributed by atoms with Crippen molar-refractivity contribution >= 4 is 32.8 Å². The number of benzene rings is 1. The van der Waals surface area contributed by atoms with Crippen LogP contribution in [-0.4, -0.2) is 70.7 Å². The highest BCUT2D eigenvalue weighted by Gasteiger charge is 2.61. The molecule has 0 amide bonds. The van der Waals surface area contributed by atoms with Crippen molar-refractivity contribution in [2.75, 3.05) is 29.9 Å². The summed E-state index contributed by atoms with van der Waals surface area (Å²) in [7, 11) is -0.0904. The number of halogens is 3. The van der Waals surface area contributed by atoms with E-state index in [1.165, 1.54) is 16.8 Å². The Morgan fingerprint density at radius 3 is 2.37 bits per heavy atom. The van der Waals surface area contributed by atoms with Gasteiger partial charge in [0.1, 0.15) is 17.0 Å². The molecule has 2 N–H and O–H groups in total. The minimum Gasteiger partial charge on any atom is -0.351 e. The maximum atomic E-state index is 15.1. The molecule has 43 heavy (non-hydrogen) atoms. The van der Waals surface area contributed by atoms with Crippen LogP contribution in [0.4, 0.5) is 24.8 Å². The second-order valence-corrected chi connectivity index (χ2v) is 14.2. The number of hydrogen-bond donors (Lipinski definition) is 2. The van der Waals surface area contributed by atoms with Gasteiger partial charge in [0.25, 0.3) is 11.5 Å². The highest BCUT2D eigenvalue weighted by Crippen LogP contribution is 2.57. The van der Waals surface area contributed by atoms with Crippen molar-refractivity contribution in [3.05, 3.63) is 40.6 Å². The van der Waals surface area contributed by atoms with Crippen LogP contribution in [0.5, 0.6) is 0 Å². The Bertz CT molecular complexity index is 1680. The minimum absolute atomic E-state index is 0.0524. The predicted molar refractivity (Wildman–Crippen MR) is 160 cm³/mol. The molecule has 10 nitrogen and oxygen atoms in total. The van der Waals surface area contributed by atoms with Crippen molar-refractivity contribution in [3.63, 3.8) is 0 Å². The van der Waals surface area contributed by atoms with E-state index in [9.17, 15) is 22.0 Å². The molecule has 2 aromatic heterocycles. The van der Waals surface area contributed by atoms with E-state index in [2.05, 4.69) is 44.0 Å². The molecule has 2 heterocycles. The molecular formula is C29H38F3N7O3S. The van der Waals surface area contributed by atoms with Crippen LogP contribution in [0.3, 0.4) is 0 Å². The zero-order chi connectivity index (χ0) is 31.3. The molecule has 234 valence electrons. The van der Waals surface area contributed by atoms with Gasteiger partial charge in [0.15, 0.2) is 5.65 Å². The first kappa shape index (κ1) is 31.2. The van der Waals surface area contributed by atoms with E-state index in [1.807, 2.05) is 13.8 Å². The number of nitrogens with one attached hydrogen (secondary N) is 2. The number of alkyl halides is 2. The summed E-state index contributed by atoms with van der Waals surface area (Å²) in [5.41, 5.74) is -1.78. The molecule has 2 saturated carbocycles. The third-order valence-corrected chi connectivity index (χ3v) is 10.1. The van der Waals surface area contributed by atoms with Crippen LogP contribution in [0, 0.1) is 11.2 Å². The number of rotatable bonds is 10. The molecule has 0 atom stereocenters. The zero-order valence-corrected chi connectivity index (χ0v) is 25.8. The van der Waals surface area contributed by atoms with Gasteiger partial charge in [0.2, 0.25) is 16.0 Å². The number of sulfonamides is 1. The van der Waals surface area contributed by atoms with Crippen molar-refractivity contribution in [1.82, 2.24) is 24.4 Å². The summed E-state index contributed by atoms with van der Waals surface area (Å²) in [5, 5.41) is 3.39. The SMILES string of the molecule is CC(C)n1c(=O)c(-c2ccc(NS(=O)(=O)CC3(C(C)(F)F)CC3)c(F)c2)nc2cnc(N[C@H]3CC[C@H](N(C)C)CC3)nc21. The molecule has 0 unspecified atom stereocenters. The maximum Gasteiger partial charge on any atom is 0.278 e. The molecule has 2 fully saturated rings. The van der Waals surface area contributed by atoms with Gasteiger partial charge in [-0.3, -0.25) is 14.1 Å². The van der Waals surface area contributed by atoms with E-state index >= 15 is 4.39 Å². The fourth-order valence-corrected chi connectivity index (χ4v) is 7.67. The van der Waals surface area contributed by atoms with E-state index in [0.717, 1.165) is 37.8 Å². The van der Waals surface area contributed by atoms with Gasteiger partial charge in [-0.05, 0) is 85.5 Å². The highest BCUT2D eigenvalue weighted by molar-refractivity contribution is 7.92. The number of nitrogens with zero attached hydrogens (tertiary/aromatic N) is 5. The molecule has 0 bridgehead atoms. The van der Waals surface area contributed by atoms with E-state index in [-0.39, 0.29) is 36.2 Å². The lowest BCUT2D eigenvalue weighted by atomic mass is 9.91. The Balaban J connectivity index is 1.40. The van der Waals surface area contributed by atoms with Crippen molar-refractivity contribution in [2.45, 2.75) is 83.3 Å². The van der Waals surface area contributed by atoms with E-state index in [1.54, 1.807) is 0 Å². The topological polar surface area (TPSA) is 122 Å². The summed E-state index contributed by atoms with van der Waals surface area (Å²) in [6.45, 7) is 4.35. The van der Waals surface area contributed by atoms with Crippen molar-refractivity contribution < 1.29 is 21.6 Å². The summed E-state index contributed by atoms with van der Waals surface area (Å²) < 4.78 is 71.8. The Kier molecular flexibility index (Phi) is 8.22. The molecule has 0 aliphatic heterocycles. The van der Waals surface area contributed by atoms with Gasteiger partial charge in [0.05, 0.1) is 17.6 Å². The summed E-state index contributed by atoms with van der Waals surface area (Å²) >= 11 is 0. The monoisotopic (exact) mass is 621 g/mol. The van der Waals surface area contributed by atoms with Gasteiger partial charge in [-0.15, -0.1) is 0 Å². The second kappa shape index (κ2) is 11.3. The Labute approximate surface area is 249 Å². The lowest BCUT2D eigenvalue weighted by Crippen LogP contribution is -2.36. The predicted octanol–water partition coefficient (Wildman–Crippen LogP) is 5.04. The minimum atomic E-state index is -4.27. The lowest BCUT2D eigenvalue weighted by molar-refractivity contribution is -0.0446. The quantitative estimate of drug-likeness (QED) is 0.323. The first-order chi connectivity index (χ1) is 20.1. The molecule has 14 heteroatoms. The van der Waals surface area contributed by atoms with Gasteiger partial charge in [-0.25, -0.2) is 31.6 Å². The molecule has 5 rings (SSSR count). The third-order valence-electron chi connectivity index (χ3n) is 8.67. The molecule has 2 aliphatic carbocycles. The Morgan fingerprint density at radius 2 is 1.81 bits per heavy atom. The van der Waals surface area contributed by atoms with Crippen LogP contribution in [-0.2, 0) is 10.0 Å². The average molecular weight is 622 g/mol. The molecule has 2 aliphatic rings. The average Bonchev–Trinajstić information content (AvgIpc) is 3.70. The molecular weight excluding hydrogens is 583 g/mol. The number of fused-ring (bicyclic) bond motifs is 1. The normalized spacial score (nSPS) is 20.5. The fraction of sp³-hybridized carbons (Fsp3) is 0.586. The van der Waals surface area contributed by atoms with Crippen LogP contribution >= 0.6 is 0 Å². The Morgan fingerprint density at radius 1 is 1.14 bits per heavy atom. The van der Waals surface area contributed by atoms with E-state index in [0.29, 0.717) is 30.1 Å². The zero-order valence-electron chi connectivity index (χ0n) is 25.0. The lowest BCUT2D eigenvalue weighted by Gasteiger charge is -2.32. The smallest absolute Gasteiger partial charge is 0.278 e. The highest BCUT2D eigenvalue weighted by atomic mass is 32.2. The Hall–Kier alpha value is -3.26. The van der Waals surface area contributed by atoms with Gasteiger partial charge < -0.3 is 10.2 Å². The second-order valence-electron chi connectivity index (χ2n) is 12.5. The molecule has 0 spiro atoms. The van der Waals surface area contributed by atoms with Gasteiger partial charge in [-0.2, -0.15) is 4.98 Å². The molecule has 3 aromatic rings. The van der Waals surface area contributed by atoms with Crippen LogP contribution in [0.2, 0.25) is 0 Å². The van der Waals surface area contributed by atoms with Crippen molar-refractivity contribution in [1.29, 1.82) is 0 Å². The van der Waals surface area contributed by atoms with Gasteiger partial charge in [-0.1, -0.05) is 6.07 Å². The first-order valence-electron chi connectivity index (χ1n) is 14.5. The number of aromatic nitrogens is 4. The van der Waals surface area contributed by atoms with E-state index < -0.39 is 44.2 Å². The number of hydrogen-bond acceptors (Lipinski definition) is 8. The summed E-state index contributed by atoms with van der Waals surface area (Å²) in [5.74, 6) is -4.55. The van der Waals surface area contributed by atoms with Crippen molar-refractivity contribution in [2.24, 2.45) is 5.41 Å². The summed E-state index contributed by atoms with van der Waals surface area (Å²) in [6, 6.07) is 3.98. The molecule has 1 aromatic carbocycles. The van der Waals surface area contributed by atoms with Crippen molar-refractivity contribution in [3.8, 4) is 11.3 Å².